The van der Waals surface area contributed by atoms with Gasteiger partial charge in [-0.3, -0.25) is 0 Å². The molecular weight excluding hydrogens is 324 g/mol. The van der Waals surface area contributed by atoms with E-state index >= 15 is 0 Å². The highest BCUT2D eigenvalue weighted by Crippen LogP contribution is 2.40. The molecule has 1 unspecified atom stereocenters. The maximum Gasteiger partial charge on any atom is 0.0281 e. The van der Waals surface area contributed by atoms with E-state index in [9.17, 15) is 0 Å². The van der Waals surface area contributed by atoms with Gasteiger partial charge < -0.3 is 0 Å². The molecule has 4 rings (SSSR count). The Hall–Kier alpha value is -2.34. The zero-order valence-corrected chi connectivity index (χ0v) is 16.5. The fourth-order valence-corrected chi connectivity index (χ4v) is 4.33. The Morgan fingerprint density at radius 1 is 0.889 bits per heavy atom. The van der Waals surface area contributed by atoms with Gasteiger partial charge in [-0.1, -0.05) is 92.6 Å². The molecule has 0 nitrogen and oxygen atoms in total. The monoisotopic (exact) mass is 354 g/mol. The van der Waals surface area contributed by atoms with Gasteiger partial charge in [0.15, 0.2) is 0 Å². The van der Waals surface area contributed by atoms with Crippen molar-refractivity contribution >= 4 is 0 Å². The van der Waals surface area contributed by atoms with E-state index < -0.39 is 0 Å². The second-order valence-electron chi connectivity index (χ2n) is 7.89. The number of aryl methyl sites for hydroxylation is 1. The third-order valence-electron chi connectivity index (χ3n) is 5.90. The number of allylic oxidation sites excluding steroid dienone is 12. The zero-order valence-electron chi connectivity index (χ0n) is 16.5. The lowest BCUT2D eigenvalue weighted by Gasteiger charge is -2.26. The summed E-state index contributed by atoms with van der Waals surface area (Å²) in [7, 11) is 0. The second kappa shape index (κ2) is 8.57. The molecule has 138 valence electrons. The van der Waals surface area contributed by atoms with Crippen molar-refractivity contribution in [3.8, 4) is 0 Å². The summed E-state index contributed by atoms with van der Waals surface area (Å²) in [6, 6.07) is 9.30. The largest absolute Gasteiger partial charge is 0.0836 e. The van der Waals surface area contributed by atoms with Crippen molar-refractivity contribution in [2.45, 2.75) is 51.9 Å². The van der Waals surface area contributed by atoms with Gasteiger partial charge in [-0.2, -0.15) is 0 Å². The van der Waals surface area contributed by atoms with Crippen molar-refractivity contribution in [3.05, 3.63) is 106 Å². The molecule has 1 aromatic rings. The van der Waals surface area contributed by atoms with Gasteiger partial charge in [-0.15, -0.1) is 0 Å². The van der Waals surface area contributed by atoms with Crippen LogP contribution in [0.25, 0.3) is 0 Å². The molecule has 0 heteroatoms. The number of hydrogen-bond acceptors (Lipinski definition) is 0. The number of rotatable bonds is 7. The Kier molecular flexibility index (Phi) is 5.72. The molecule has 27 heavy (non-hydrogen) atoms. The van der Waals surface area contributed by atoms with Gasteiger partial charge in [-0.25, -0.2) is 0 Å². The first-order valence-corrected chi connectivity index (χ1v) is 10.6. The molecular formula is C27H30. The Labute approximate surface area is 164 Å². The van der Waals surface area contributed by atoms with Crippen LogP contribution in [-0.2, 0) is 12.8 Å². The molecule has 1 atom stereocenters. The lowest BCUT2D eigenvalue weighted by atomic mass is 9.78. The molecule has 0 heterocycles. The van der Waals surface area contributed by atoms with E-state index in [0.29, 0.717) is 5.92 Å². The van der Waals surface area contributed by atoms with Crippen molar-refractivity contribution in [3.63, 3.8) is 0 Å². The Morgan fingerprint density at radius 2 is 1.74 bits per heavy atom. The van der Waals surface area contributed by atoms with E-state index in [-0.39, 0.29) is 0 Å². The average Bonchev–Trinajstić information content (AvgIpc) is 3.21. The number of unbranched alkanes of at least 4 members (excludes halogenated alkanes) is 2. The summed E-state index contributed by atoms with van der Waals surface area (Å²) in [4.78, 5) is 0. The van der Waals surface area contributed by atoms with Crippen LogP contribution in [0.15, 0.2) is 95.2 Å². The molecule has 1 aromatic carbocycles. The topological polar surface area (TPSA) is 0 Å². The Bertz CT molecular complexity index is 850. The van der Waals surface area contributed by atoms with Crippen LogP contribution >= 0.6 is 0 Å². The molecule has 0 saturated carbocycles. The predicted molar refractivity (Wildman–Crippen MR) is 117 cm³/mol. The zero-order chi connectivity index (χ0) is 18.5. The predicted octanol–water partition coefficient (Wildman–Crippen LogP) is 7.22. The van der Waals surface area contributed by atoms with Crippen LogP contribution in [-0.4, -0.2) is 0 Å². The van der Waals surface area contributed by atoms with Crippen LogP contribution < -0.4 is 0 Å². The first-order chi connectivity index (χ1) is 13.3. The van der Waals surface area contributed by atoms with Crippen LogP contribution in [0, 0.1) is 5.92 Å². The molecule has 0 aromatic heterocycles. The summed E-state index contributed by atoms with van der Waals surface area (Å²) in [5.74, 6) is 0.437. The highest BCUT2D eigenvalue weighted by atomic mass is 14.3. The molecule has 3 aliphatic carbocycles. The average molecular weight is 355 g/mol. The molecule has 0 spiro atoms. The minimum atomic E-state index is 0.437. The number of benzene rings is 1. The fraction of sp³-hybridized carbons (Fsp3) is 0.333. The van der Waals surface area contributed by atoms with E-state index in [1.54, 1.807) is 0 Å². The van der Waals surface area contributed by atoms with Crippen LogP contribution in [0.5, 0.6) is 0 Å². The SMILES string of the molecule is CCCCCc1ccc(CC2=CC=C(C3=CCCC=C3)C3C=CC=C23)cc1. The van der Waals surface area contributed by atoms with Gasteiger partial charge in [-0.05, 0) is 65.5 Å². The van der Waals surface area contributed by atoms with Crippen molar-refractivity contribution in [1.82, 2.24) is 0 Å². The van der Waals surface area contributed by atoms with E-state index in [1.807, 2.05) is 0 Å². The summed E-state index contributed by atoms with van der Waals surface area (Å²) < 4.78 is 0. The fourth-order valence-electron chi connectivity index (χ4n) is 4.33. The van der Waals surface area contributed by atoms with E-state index in [2.05, 4.69) is 79.8 Å². The summed E-state index contributed by atoms with van der Waals surface area (Å²) in [6.07, 6.45) is 27.1. The minimum absolute atomic E-state index is 0.437. The minimum Gasteiger partial charge on any atom is -0.0836 e. The highest BCUT2D eigenvalue weighted by molar-refractivity contribution is 5.60. The smallest absolute Gasteiger partial charge is 0.0281 e. The molecule has 0 fully saturated rings. The maximum absolute atomic E-state index is 2.39. The lowest BCUT2D eigenvalue weighted by Crippen LogP contribution is -2.12. The summed E-state index contributed by atoms with van der Waals surface area (Å²) >= 11 is 0. The first-order valence-electron chi connectivity index (χ1n) is 10.6. The van der Waals surface area contributed by atoms with Gasteiger partial charge in [0.25, 0.3) is 0 Å². The van der Waals surface area contributed by atoms with Crippen LogP contribution in [0.1, 0.15) is 50.2 Å². The van der Waals surface area contributed by atoms with Gasteiger partial charge in [0, 0.05) is 5.92 Å². The summed E-state index contributed by atoms with van der Waals surface area (Å²) in [5.41, 5.74) is 8.71. The third-order valence-corrected chi connectivity index (χ3v) is 5.90. The summed E-state index contributed by atoms with van der Waals surface area (Å²) in [5, 5.41) is 0. The molecule has 0 amide bonds. The standard InChI is InChI=1S/C27H30/c1-2-3-5-9-21-14-16-22(17-15-21)20-24-18-19-26(23-10-6-4-7-11-23)27-13-8-12-25(24)27/h6,8,10-19,27H,2-5,7,9,20H2,1H3. The molecule has 0 N–H and O–H groups in total. The number of fused-ring (bicyclic) bond motifs is 1. The number of hydrogen-bond donors (Lipinski definition) is 0. The molecule has 0 bridgehead atoms. The molecule has 0 aliphatic heterocycles. The van der Waals surface area contributed by atoms with Gasteiger partial charge >= 0.3 is 0 Å². The summed E-state index contributed by atoms with van der Waals surface area (Å²) in [6.45, 7) is 2.27. The van der Waals surface area contributed by atoms with Crippen LogP contribution in [0.2, 0.25) is 0 Å². The van der Waals surface area contributed by atoms with E-state index in [0.717, 1.165) is 6.42 Å². The van der Waals surface area contributed by atoms with Gasteiger partial charge in [0.2, 0.25) is 0 Å². The second-order valence-corrected chi connectivity index (χ2v) is 7.89. The van der Waals surface area contributed by atoms with Crippen molar-refractivity contribution in [1.29, 1.82) is 0 Å². The maximum atomic E-state index is 2.39. The quantitative estimate of drug-likeness (QED) is 0.453. The van der Waals surface area contributed by atoms with Crippen LogP contribution in [0.3, 0.4) is 0 Å². The Balaban J connectivity index is 1.49. The lowest BCUT2D eigenvalue weighted by molar-refractivity contribution is 0.717. The first kappa shape index (κ1) is 18.0. The van der Waals surface area contributed by atoms with Crippen molar-refractivity contribution in [2.24, 2.45) is 5.92 Å². The normalized spacial score (nSPS) is 20.7. The van der Waals surface area contributed by atoms with Crippen molar-refractivity contribution < 1.29 is 0 Å². The highest BCUT2D eigenvalue weighted by Gasteiger charge is 2.26. The molecule has 0 radical (unpaired) electrons. The van der Waals surface area contributed by atoms with E-state index in [4.69, 9.17) is 0 Å². The molecule has 3 aliphatic rings. The molecule has 0 saturated heterocycles. The Morgan fingerprint density at radius 3 is 2.52 bits per heavy atom. The van der Waals surface area contributed by atoms with Crippen molar-refractivity contribution in [2.75, 3.05) is 0 Å². The van der Waals surface area contributed by atoms with E-state index in [1.165, 1.54) is 71.9 Å². The van der Waals surface area contributed by atoms with Gasteiger partial charge in [0.1, 0.15) is 0 Å². The third kappa shape index (κ3) is 4.16. The van der Waals surface area contributed by atoms with Crippen LogP contribution in [0.4, 0.5) is 0 Å². The van der Waals surface area contributed by atoms with Gasteiger partial charge in [0.05, 0.1) is 0 Å².